The van der Waals surface area contributed by atoms with Gasteiger partial charge in [-0.05, 0) is 24.1 Å². The maximum Gasteiger partial charge on any atom is 0.410 e. The van der Waals surface area contributed by atoms with E-state index in [-0.39, 0.29) is 19.1 Å². The number of carbonyl (C=O) groups is 2. The number of rotatable bonds is 6. The number of aliphatic carboxylic acids is 1. The van der Waals surface area contributed by atoms with Crippen LogP contribution in [-0.4, -0.2) is 41.8 Å². The van der Waals surface area contributed by atoms with Gasteiger partial charge in [-0.1, -0.05) is 12.1 Å². The van der Waals surface area contributed by atoms with E-state index < -0.39 is 12.1 Å². The summed E-state index contributed by atoms with van der Waals surface area (Å²) in [5.41, 5.74) is 0.949. The molecule has 0 saturated carbocycles. The Labute approximate surface area is 116 Å². The Balaban J connectivity index is 2.00. The van der Waals surface area contributed by atoms with Crippen molar-refractivity contribution >= 4 is 12.1 Å². The van der Waals surface area contributed by atoms with E-state index >= 15 is 0 Å². The highest BCUT2D eigenvalue weighted by molar-refractivity contribution is 5.71. The normalized spacial score (nSPS) is 17.9. The summed E-state index contributed by atoms with van der Waals surface area (Å²) in [4.78, 5) is 23.9. The molecule has 6 nitrogen and oxygen atoms in total. The summed E-state index contributed by atoms with van der Waals surface area (Å²) in [7, 11) is 1.59. The Hall–Kier alpha value is -2.24. The maximum atomic E-state index is 11.7. The molecule has 108 valence electrons. The summed E-state index contributed by atoms with van der Waals surface area (Å²) in [5, 5.41) is 8.72. The van der Waals surface area contributed by atoms with Crippen molar-refractivity contribution in [1.82, 2.24) is 4.90 Å². The second-order valence-corrected chi connectivity index (χ2v) is 4.64. The monoisotopic (exact) mass is 279 g/mol. The summed E-state index contributed by atoms with van der Waals surface area (Å²) < 4.78 is 10.1. The number of benzene rings is 1. The zero-order valence-corrected chi connectivity index (χ0v) is 11.2. The summed E-state index contributed by atoms with van der Waals surface area (Å²) >= 11 is 0. The number of methoxy groups -OCH3 is 1. The molecule has 0 bridgehead atoms. The van der Waals surface area contributed by atoms with Gasteiger partial charge < -0.3 is 14.6 Å². The fraction of sp³-hybridized carbons (Fsp3) is 0.429. The van der Waals surface area contributed by atoms with Gasteiger partial charge in [0.15, 0.2) is 0 Å². The first-order valence-corrected chi connectivity index (χ1v) is 6.38. The SMILES string of the molecule is COc1ccc(CN2C(=O)OCC2CCC(=O)O)cc1. The van der Waals surface area contributed by atoms with Crippen molar-refractivity contribution in [2.45, 2.75) is 25.4 Å². The molecule has 1 N–H and O–H groups in total. The fourth-order valence-electron chi connectivity index (χ4n) is 2.14. The van der Waals surface area contributed by atoms with Crippen LogP contribution in [-0.2, 0) is 16.1 Å². The highest BCUT2D eigenvalue weighted by atomic mass is 16.6. The van der Waals surface area contributed by atoms with E-state index in [1.807, 2.05) is 24.3 Å². The summed E-state index contributed by atoms with van der Waals surface area (Å²) in [6.45, 7) is 0.662. The molecule has 1 aromatic rings. The smallest absolute Gasteiger partial charge is 0.410 e. The Morgan fingerprint density at radius 3 is 2.75 bits per heavy atom. The first kappa shape index (κ1) is 14.2. The minimum Gasteiger partial charge on any atom is -0.497 e. The van der Waals surface area contributed by atoms with E-state index in [4.69, 9.17) is 14.6 Å². The van der Waals surface area contributed by atoms with Crippen molar-refractivity contribution in [3.63, 3.8) is 0 Å². The van der Waals surface area contributed by atoms with Crippen LogP contribution in [0.5, 0.6) is 5.75 Å². The quantitative estimate of drug-likeness (QED) is 0.860. The van der Waals surface area contributed by atoms with Gasteiger partial charge in [-0.3, -0.25) is 9.69 Å². The number of carboxylic acids is 1. The maximum absolute atomic E-state index is 11.7. The zero-order chi connectivity index (χ0) is 14.5. The van der Waals surface area contributed by atoms with Crippen LogP contribution in [0.25, 0.3) is 0 Å². The van der Waals surface area contributed by atoms with E-state index in [0.29, 0.717) is 13.0 Å². The van der Waals surface area contributed by atoms with Gasteiger partial charge in [0.2, 0.25) is 0 Å². The van der Waals surface area contributed by atoms with Crippen LogP contribution in [0.15, 0.2) is 24.3 Å². The van der Waals surface area contributed by atoms with E-state index in [1.165, 1.54) is 0 Å². The number of amides is 1. The number of hydrogen-bond acceptors (Lipinski definition) is 4. The van der Waals surface area contributed by atoms with Crippen molar-refractivity contribution < 1.29 is 24.2 Å². The standard InChI is InChI=1S/C14H17NO5/c1-19-12-5-2-10(3-6-12)8-15-11(4-7-13(16)17)9-20-14(15)18/h2-3,5-6,11H,4,7-9H2,1H3,(H,16,17). The number of hydrogen-bond donors (Lipinski definition) is 1. The second kappa shape index (κ2) is 6.27. The van der Waals surface area contributed by atoms with Gasteiger partial charge >= 0.3 is 12.1 Å². The molecule has 1 fully saturated rings. The molecule has 1 unspecified atom stereocenters. The molecule has 1 saturated heterocycles. The third-order valence-electron chi connectivity index (χ3n) is 3.28. The molecule has 1 amide bonds. The molecule has 0 aromatic heterocycles. The van der Waals surface area contributed by atoms with Crippen molar-refractivity contribution in [3.8, 4) is 5.75 Å². The molecule has 0 radical (unpaired) electrons. The fourth-order valence-corrected chi connectivity index (χ4v) is 2.14. The molecule has 1 aliphatic rings. The van der Waals surface area contributed by atoms with Crippen molar-refractivity contribution in [2.75, 3.05) is 13.7 Å². The van der Waals surface area contributed by atoms with Gasteiger partial charge in [0.25, 0.3) is 0 Å². The van der Waals surface area contributed by atoms with E-state index in [2.05, 4.69) is 0 Å². The molecule has 1 atom stereocenters. The van der Waals surface area contributed by atoms with Gasteiger partial charge in [0, 0.05) is 13.0 Å². The van der Waals surface area contributed by atoms with E-state index in [1.54, 1.807) is 12.0 Å². The largest absolute Gasteiger partial charge is 0.497 e. The molecule has 0 spiro atoms. The first-order valence-electron chi connectivity index (χ1n) is 6.38. The number of carboxylic acid groups (broad SMARTS) is 1. The van der Waals surface area contributed by atoms with Crippen molar-refractivity contribution in [2.24, 2.45) is 0 Å². The molecule has 20 heavy (non-hydrogen) atoms. The summed E-state index contributed by atoms with van der Waals surface area (Å²) in [6.07, 6.45) is 0.0358. The van der Waals surface area contributed by atoms with E-state index in [0.717, 1.165) is 11.3 Å². The third-order valence-corrected chi connectivity index (χ3v) is 3.28. The molecule has 0 aliphatic carbocycles. The number of cyclic esters (lactones) is 1. The Morgan fingerprint density at radius 1 is 1.45 bits per heavy atom. The van der Waals surface area contributed by atoms with Crippen LogP contribution in [0, 0.1) is 0 Å². The average molecular weight is 279 g/mol. The summed E-state index contributed by atoms with van der Waals surface area (Å²) in [5.74, 6) is -0.117. The highest BCUT2D eigenvalue weighted by Crippen LogP contribution is 2.21. The lowest BCUT2D eigenvalue weighted by Crippen LogP contribution is -2.33. The van der Waals surface area contributed by atoms with Crippen molar-refractivity contribution in [3.05, 3.63) is 29.8 Å². The van der Waals surface area contributed by atoms with Gasteiger partial charge in [0.05, 0.1) is 13.2 Å². The van der Waals surface area contributed by atoms with Crippen LogP contribution in [0.3, 0.4) is 0 Å². The lowest BCUT2D eigenvalue weighted by atomic mass is 10.1. The van der Waals surface area contributed by atoms with Crippen LogP contribution in [0.2, 0.25) is 0 Å². The van der Waals surface area contributed by atoms with Crippen LogP contribution in [0.4, 0.5) is 4.79 Å². The van der Waals surface area contributed by atoms with Gasteiger partial charge in [-0.15, -0.1) is 0 Å². The van der Waals surface area contributed by atoms with Gasteiger partial charge in [-0.2, -0.15) is 0 Å². The number of ether oxygens (including phenoxy) is 2. The zero-order valence-electron chi connectivity index (χ0n) is 11.2. The third kappa shape index (κ3) is 3.40. The predicted octanol–water partition coefficient (Wildman–Crippen LogP) is 1.88. The lowest BCUT2D eigenvalue weighted by Gasteiger charge is -2.20. The molecule has 1 aromatic carbocycles. The number of carbonyl (C=O) groups excluding carboxylic acids is 1. The Kier molecular flexibility index (Phi) is 4.45. The average Bonchev–Trinajstić information content (AvgIpc) is 2.78. The molecule has 1 heterocycles. The van der Waals surface area contributed by atoms with Crippen LogP contribution in [0.1, 0.15) is 18.4 Å². The van der Waals surface area contributed by atoms with Gasteiger partial charge in [-0.25, -0.2) is 4.79 Å². The first-order chi connectivity index (χ1) is 9.60. The predicted molar refractivity (Wildman–Crippen MR) is 70.5 cm³/mol. The second-order valence-electron chi connectivity index (χ2n) is 4.64. The number of nitrogens with zero attached hydrogens (tertiary/aromatic N) is 1. The molecule has 1 aliphatic heterocycles. The Morgan fingerprint density at radius 2 is 2.15 bits per heavy atom. The molecule has 2 rings (SSSR count). The lowest BCUT2D eigenvalue weighted by molar-refractivity contribution is -0.137. The summed E-state index contributed by atoms with van der Waals surface area (Å²) in [6, 6.07) is 7.21. The van der Waals surface area contributed by atoms with E-state index in [9.17, 15) is 9.59 Å². The molecule has 6 heteroatoms. The van der Waals surface area contributed by atoms with Crippen LogP contribution < -0.4 is 4.74 Å². The molecular formula is C14H17NO5. The van der Waals surface area contributed by atoms with Crippen LogP contribution >= 0.6 is 0 Å². The van der Waals surface area contributed by atoms with Gasteiger partial charge in [0.1, 0.15) is 12.4 Å². The van der Waals surface area contributed by atoms with Crippen molar-refractivity contribution in [1.29, 1.82) is 0 Å². The topological polar surface area (TPSA) is 76.1 Å². The highest BCUT2D eigenvalue weighted by Gasteiger charge is 2.32. The minimum atomic E-state index is -0.867. The molecular weight excluding hydrogens is 262 g/mol. The Bertz CT molecular complexity index is 485. The minimum absolute atomic E-state index is 0.0282.